The third kappa shape index (κ3) is 1.50. The first kappa shape index (κ1) is 8.12. The summed E-state index contributed by atoms with van der Waals surface area (Å²) in [5.74, 6) is -0.461. The second-order valence-corrected chi connectivity index (χ2v) is 3.40. The third-order valence-corrected chi connectivity index (χ3v) is 2.44. The van der Waals surface area contributed by atoms with Crippen LogP contribution in [0.3, 0.4) is 0 Å². The Bertz CT molecular complexity index is 389. The van der Waals surface area contributed by atoms with E-state index in [1.165, 1.54) is 18.0 Å². The molecule has 4 nitrogen and oxygen atoms in total. The van der Waals surface area contributed by atoms with Crippen LogP contribution in [0.1, 0.15) is 10.4 Å². The molecule has 0 aromatic carbocycles. The van der Waals surface area contributed by atoms with Crippen molar-refractivity contribution >= 4 is 23.4 Å². The van der Waals surface area contributed by atoms with E-state index in [-0.39, 0.29) is 0 Å². The molecule has 1 aliphatic rings. The van der Waals surface area contributed by atoms with Gasteiger partial charge in [-0.2, -0.15) is 0 Å². The Hall–Kier alpha value is -1.49. The van der Waals surface area contributed by atoms with Crippen molar-refractivity contribution in [3.05, 3.63) is 29.4 Å². The fourth-order valence-corrected chi connectivity index (χ4v) is 1.63. The second kappa shape index (κ2) is 3.10. The van der Waals surface area contributed by atoms with Crippen LogP contribution in [0.2, 0.25) is 0 Å². The molecule has 2 heterocycles. The van der Waals surface area contributed by atoms with E-state index in [2.05, 4.69) is 10.3 Å². The Balaban J connectivity index is 2.44. The van der Waals surface area contributed by atoms with Crippen LogP contribution in [0.15, 0.2) is 28.9 Å². The van der Waals surface area contributed by atoms with Gasteiger partial charge in [0, 0.05) is 12.4 Å². The fourth-order valence-electron chi connectivity index (χ4n) is 1.01. The minimum absolute atomic E-state index is 0.419. The van der Waals surface area contributed by atoms with Crippen LogP contribution >= 0.6 is 11.8 Å². The van der Waals surface area contributed by atoms with E-state index < -0.39 is 5.91 Å². The lowest BCUT2D eigenvalue weighted by molar-refractivity contribution is 0.1000. The van der Waals surface area contributed by atoms with Gasteiger partial charge in [-0.05, 0) is 11.5 Å². The Morgan fingerprint density at radius 3 is 3.23 bits per heavy atom. The maximum Gasteiger partial charge on any atom is 0.250 e. The van der Waals surface area contributed by atoms with E-state index in [0.717, 1.165) is 10.7 Å². The summed E-state index contributed by atoms with van der Waals surface area (Å²) in [6.45, 7) is 0. The lowest BCUT2D eigenvalue weighted by Gasteiger charge is -2.10. The number of hydrogen-bond acceptors (Lipinski definition) is 4. The Labute approximate surface area is 79.2 Å². The molecule has 0 atom stereocenters. The van der Waals surface area contributed by atoms with E-state index in [4.69, 9.17) is 5.73 Å². The van der Waals surface area contributed by atoms with Crippen LogP contribution in [-0.4, -0.2) is 10.9 Å². The summed E-state index contributed by atoms with van der Waals surface area (Å²) < 4.78 is 0. The monoisotopic (exact) mass is 193 g/mol. The number of primary amides is 1. The van der Waals surface area contributed by atoms with Gasteiger partial charge in [0.15, 0.2) is 0 Å². The molecule has 0 saturated heterocycles. The van der Waals surface area contributed by atoms with E-state index >= 15 is 0 Å². The maximum absolute atomic E-state index is 10.8. The zero-order valence-electron chi connectivity index (χ0n) is 6.65. The zero-order chi connectivity index (χ0) is 9.26. The molecule has 1 aliphatic heterocycles. The number of nitrogens with zero attached hydrogens (tertiary/aromatic N) is 1. The highest BCUT2D eigenvalue weighted by Gasteiger charge is 2.09. The number of thioether (sulfide) groups is 1. The number of amides is 1. The maximum atomic E-state index is 10.8. The van der Waals surface area contributed by atoms with Gasteiger partial charge in [0.25, 0.3) is 0 Å². The number of carbonyl (C=O) groups excluding carboxylic acids is 1. The van der Waals surface area contributed by atoms with Crippen molar-refractivity contribution in [3.63, 3.8) is 0 Å². The summed E-state index contributed by atoms with van der Waals surface area (Å²) in [5, 5.41) is 5.73. The highest BCUT2D eigenvalue weighted by atomic mass is 32.2. The van der Waals surface area contributed by atoms with Crippen LogP contribution in [0.5, 0.6) is 0 Å². The first-order valence-electron chi connectivity index (χ1n) is 3.65. The van der Waals surface area contributed by atoms with Crippen molar-refractivity contribution in [2.45, 2.75) is 5.03 Å². The van der Waals surface area contributed by atoms with E-state index in [1.54, 1.807) is 12.3 Å². The van der Waals surface area contributed by atoms with Gasteiger partial charge >= 0.3 is 0 Å². The van der Waals surface area contributed by atoms with Gasteiger partial charge in [-0.1, -0.05) is 11.8 Å². The number of nitrogens with one attached hydrogen (secondary N) is 1. The fraction of sp³-hybridized carbons (Fsp3) is 0. The number of fused-ring (bicyclic) bond motifs is 1. The normalized spacial score (nSPS) is 13.2. The average molecular weight is 193 g/mol. The summed E-state index contributed by atoms with van der Waals surface area (Å²) in [5.41, 5.74) is 6.36. The number of aromatic nitrogens is 1. The molecular formula is C8H7N3OS. The summed E-state index contributed by atoms with van der Waals surface area (Å²) in [4.78, 5) is 14.9. The molecule has 0 saturated carbocycles. The van der Waals surface area contributed by atoms with Crippen LogP contribution in [-0.2, 0) is 0 Å². The topological polar surface area (TPSA) is 68.0 Å². The SMILES string of the molecule is NC(=O)c1cnc2c(c1)NC=CS2. The van der Waals surface area contributed by atoms with Crippen molar-refractivity contribution in [3.8, 4) is 0 Å². The predicted octanol–water partition coefficient (Wildman–Crippen LogP) is 1.17. The molecule has 0 radical (unpaired) electrons. The molecule has 0 bridgehead atoms. The molecule has 5 heteroatoms. The molecular weight excluding hydrogens is 186 g/mol. The van der Waals surface area contributed by atoms with Crippen LogP contribution in [0.25, 0.3) is 0 Å². The molecule has 3 N–H and O–H groups in total. The van der Waals surface area contributed by atoms with Crippen LogP contribution in [0, 0.1) is 0 Å². The molecule has 1 aromatic heterocycles. The molecule has 1 amide bonds. The van der Waals surface area contributed by atoms with Crippen molar-refractivity contribution in [1.82, 2.24) is 4.98 Å². The minimum Gasteiger partial charge on any atom is -0.366 e. The number of anilines is 1. The predicted molar refractivity (Wildman–Crippen MR) is 51.4 cm³/mol. The van der Waals surface area contributed by atoms with Crippen LogP contribution in [0.4, 0.5) is 5.69 Å². The van der Waals surface area contributed by atoms with Crippen molar-refractivity contribution < 1.29 is 4.79 Å². The standard InChI is InChI=1S/C8H7N3OS/c9-7(12)5-3-6-8(11-4-5)13-2-1-10-6/h1-4,10H,(H2,9,12). The highest BCUT2D eigenvalue weighted by molar-refractivity contribution is 8.02. The number of pyridine rings is 1. The number of rotatable bonds is 1. The summed E-state index contributed by atoms with van der Waals surface area (Å²) in [7, 11) is 0. The van der Waals surface area contributed by atoms with Gasteiger partial charge in [0.1, 0.15) is 5.03 Å². The average Bonchev–Trinajstić information content (AvgIpc) is 2.17. The minimum atomic E-state index is -0.461. The second-order valence-electron chi connectivity index (χ2n) is 2.51. The van der Waals surface area contributed by atoms with Gasteiger partial charge < -0.3 is 11.1 Å². The molecule has 0 fully saturated rings. The van der Waals surface area contributed by atoms with Gasteiger partial charge in [0.05, 0.1) is 11.3 Å². The third-order valence-electron chi connectivity index (χ3n) is 1.62. The first-order valence-corrected chi connectivity index (χ1v) is 4.53. The zero-order valence-corrected chi connectivity index (χ0v) is 7.47. The molecule has 1 aromatic rings. The molecule has 66 valence electrons. The van der Waals surface area contributed by atoms with Gasteiger partial charge in [-0.3, -0.25) is 4.79 Å². The van der Waals surface area contributed by atoms with E-state index in [0.29, 0.717) is 5.56 Å². The summed E-state index contributed by atoms with van der Waals surface area (Å²) in [6, 6.07) is 1.70. The van der Waals surface area contributed by atoms with Crippen molar-refractivity contribution in [2.24, 2.45) is 5.73 Å². The van der Waals surface area contributed by atoms with E-state index in [1.807, 2.05) is 5.41 Å². The molecule has 0 unspecified atom stereocenters. The molecule has 0 spiro atoms. The quantitative estimate of drug-likeness (QED) is 0.702. The van der Waals surface area contributed by atoms with Crippen LogP contribution < -0.4 is 11.1 Å². The van der Waals surface area contributed by atoms with Crippen molar-refractivity contribution in [2.75, 3.05) is 5.32 Å². The number of nitrogens with two attached hydrogens (primary N) is 1. The number of hydrogen-bond donors (Lipinski definition) is 2. The lowest BCUT2D eigenvalue weighted by Crippen LogP contribution is -2.12. The van der Waals surface area contributed by atoms with Gasteiger partial charge in [-0.25, -0.2) is 4.98 Å². The number of carbonyl (C=O) groups is 1. The molecule has 0 aliphatic carbocycles. The summed E-state index contributed by atoms with van der Waals surface area (Å²) >= 11 is 1.50. The first-order chi connectivity index (χ1) is 6.27. The Morgan fingerprint density at radius 2 is 2.46 bits per heavy atom. The Morgan fingerprint density at radius 1 is 1.62 bits per heavy atom. The highest BCUT2D eigenvalue weighted by Crippen LogP contribution is 2.29. The van der Waals surface area contributed by atoms with E-state index in [9.17, 15) is 4.79 Å². The van der Waals surface area contributed by atoms with Gasteiger partial charge in [-0.15, -0.1) is 0 Å². The lowest BCUT2D eigenvalue weighted by atomic mass is 10.2. The summed E-state index contributed by atoms with van der Waals surface area (Å²) in [6.07, 6.45) is 3.27. The Kier molecular flexibility index (Phi) is 1.94. The largest absolute Gasteiger partial charge is 0.366 e. The van der Waals surface area contributed by atoms with Gasteiger partial charge in [0.2, 0.25) is 5.91 Å². The molecule has 2 rings (SSSR count). The van der Waals surface area contributed by atoms with Crippen molar-refractivity contribution in [1.29, 1.82) is 0 Å². The molecule has 13 heavy (non-hydrogen) atoms. The smallest absolute Gasteiger partial charge is 0.250 e.